The van der Waals surface area contributed by atoms with Crippen molar-refractivity contribution >= 4 is 11.5 Å². The number of hydrogen-bond donors (Lipinski definition) is 0. The second-order valence-corrected chi connectivity index (χ2v) is 5.18. The molecule has 0 aliphatic carbocycles. The molecule has 0 atom stereocenters. The maximum absolute atomic E-state index is 13.0. The summed E-state index contributed by atoms with van der Waals surface area (Å²) in [5.41, 5.74) is 2.51. The number of ether oxygens (including phenoxy) is 2. The molecule has 0 N–H and O–H groups in total. The van der Waals surface area contributed by atoms with Crippen LogP contribution in [0.25, 0.3) is 0 Å². The molecule has 5 heteroatoms. The standard InChI is InChI=1S/C18H16FNO3/c1-22-15-9-12-7-8-20-17(14(12)10-16(15)23-2)18(21)11-3-5-13(19)6-4-11/h3-6,9-10H,7-8H2,1-2H3. The molecule has 23 heavy (non-hydrogen) atoms. The van der Waals surface area contributed by atoms with Gasteiger partial charge in [-0.25, -0.2) is 4.39 Å². The van der Waals surface area contributed by atoms with Crippen molar-refractivity contribution < 1.29 is 18.7 Å². The predicted molar refractivity (Wildman–Crippen MR) is 85.4 cm³/mol. The Morgan fingerprint density at radius 3 is 2.39 bits per heavy atom. The Hall–Kier alpha value is -2.69. The van der Waals surface area contributed by atoms with Gasteiger partial charge in [-0.3, -0.25) is 9.79 Å². The number of rotatable bonds is 4. The Morgan fingerprint density at radius 2 is 1.74 bits per heavy atom. The zero-order chi connectivity index (χ0) is 16.4. The lowest BCUT2D eigenvalue weighted by Gasteiger charge is -2.19. The van der Waals surface area contributed by atoms with Gasteiger partial charge in [0.1, 0.15) is 11.5 Å². The number of fused-ring (bicyclic) bond motifs is 1. The summed E-state index contributed by atoms with van der Waals surface area (Å²) in [7, 11) is 3.12. The molecule has 2 aromatic carbocycles. The Balaban J connectivity index is 2.04. The van der Waals surface area contributed by atoms with Crippen LogP contribution in [0.15, 0.2) is 41.4 Å². The van der Waals surface area contributed by atoms with E-state index >= 15 is 0 Å². The van der Waals surface area contributed by atoms with Gasteiger partial charge in [-0.2, -0.15) is 0 Å². The molecule has 0 bridgehead atoms. The summed E-state index contributed by atoms with van der Waals surface area (Å²) in [6.45, 7) is 0.532. The van der Waals surface area contributed by atoms with Crippen LogP contribution in [0.3, 0.4) is 0 Å². The lowest BCUT2D eigenvalue weighted by molar-refractivity contribution is 0.106. The van der Waals surface area contributed by atoms with Gasteiger partial charge in [-0.1, -0.05) is 0 Å². The quantitative estimate of drug-likeness (QED) is 0.815. The topological polar surface area (TPSA) is 47.9 Å². The molecular weight excluding hydrogens is 297 g/mol. The van der Waals surface area contributed by atoms with Crippen molar-refractivity contribution in [3.05, 3.63) is 58.9 Å². The van der Waals surface area contributed by atoms with Crippen LogP contribution in [0, 0.1) is 5.82 Å². The monoisotopic (exact) mass is 313 g/mol. The first-order chi connectivity index (χ1) is 11.1. The Labute approximate surface area is 133 Å². The van der Waals surface area contributed by atoms with Crippen molar-refractivity contribution in [2.45, 2.75) is 6.42 Å². The van der Waals surface area contributed by atoms with Crippen molar-refractivity contribution in [1.82, 2.24) is 0 Å². The lowest BCUT2D eigenvalue weighted by atomic mass is 9.92. The van der Waals surface area contributed by atoms with E-state index in [2.05, 4.69) is 4.99 Å². The van der Waals surface area contributed by atoms with Gasteiger partial charge in [-0.15, -0.1) is 0 Å². The molecule has 0 spiro atoms. The van der Waals surface area contributed by atoms with Crippen LogP contribution >= 0.6 is 0 Å². The molecule has 1 aliphatic rings. The van der Waals surface area contributed by atoms with Gasteiger partial charge in [0.05, 0.1) is 14.2 Å². The number of benzene rings is 2. The number of carbonyl (C=O) groups is 1. The normalized spacial score (nSPS) is 13.1. The third kappa shape index (κ3) is 2.82. The highest BCUT2D eigenvalue weighted by Crippen LogP contribution is 2.33. The average molecular weight is 313 g/mol. The molecule has 1 aliphatic heterocycles. The minimum atomic E-state index is -0.376. The molecule has 0 fully saturated rings. The highest BCUT2D eigenvalue weighted by atomic mass is 19.1. The molecule has 0 unspecified atom stereocenters. The van der Waals surface area contributed by atoms with Gasteiger partial charge in [-0.05, 0) is 48.4 Å². The SMILES string of the molecule is COc1cc2c(cc1OC)C(C(=O)c1ccc(F)cc1)=NCC2. The summed E-state index contributed by atoms with van der Waals surface area (Å²) in [6.07, 6.45) is 0.732. The number of Topliss-reactive ketones (excluding diaryl/α,β-unsaturated/α-hetero) is 1. The van der Waals surface area contributed by atoms with Crippen molar-refractivity contribution in [3.63, 3.8) is 0 Å². The highest BCUT2D eigenvalue weighted by Gasteiger charge is 2.24. The molecule has 0 radical (unpaired) electrons. The van der Waals surface area contributed by atoms with Gasteiger partial charge in [0.2, 0.25) is 5.78 Å². The number of nitrogens with zero attached hydrogens (tertiary/aromatic N) is 1. The number of carbonyl (C=O) groups excluding carboxylic acids is 1. The summed E-state index contributed by atoms with van der Waals surface area (Å²) in [4.78, 5) is 17.1. The van der Waals surface area contributed by atoms with Crippen LogP contribution in [-0.2, 0) is 6.42 Å². The van der Waals surface area contributed by atoms with Crippen LogP contribution < -0.4 is 9.47 Å². The van der Waals surface area contributed by atoms with E-state index in [0.717, 1.165) is 17.5 Å². The third-order valence-electron chi connectivity index (χ3n) is 3.84. The van der Waals surface area contributed by atoms with Gasteiger partial charge in [0.25, 0.3) is 0 Å². The lowest BCUT2D eigenvalue weighted by Crippen LogP contribution is -2.22. The van der Waals surface area contributed by atoms with Crippen molar-refractivity contribution in [2.75, 3.05) is 20.8 Å². The molecule has 1 heterocycles. The number of halogens is 1. The highest BCUT2D eigenvalue weighted by molar-refractivity contribution is 6.51. The largest absolute Gasteiger partial charge is 0.493 e. The maximum atomic E-state index is 13.0. The van der Waals surface area contributed by atoms with Gasteiger partial charge < -0.3 is 9.47 Å². The molecular formula is C18H16FNO3. The number of aliphatic imine (C=N–C) groups is 1. The molecule has 2 aromatic rings. The fourth-order valence-electron chi connectivity index (χ4n) is 2.65. The van der Waals surface area contributed by atoms with Crippen LogP contribution in [0.5, 0.6) is 11.5 Å². The van der Waals surface area contributed by atoms with Crippen LogP contribution in [0.2, 0.25) is 0 Å². The summed E-state index contributed by atoms with van der Waals surface area (Å²) < 4.78 is 23.7. The molecule has 118 valence electrons. The minimum absolute atomic E-state index is 0.224. The van der Waals surface area contributed by atoms with Crippen LogP contribution in [-0.4, -0.2) is 32.3 Å². The molecule has 0 aromatic heterocycles. The van der Waals surface area contributed by atoms with Crippen LogP contribution in [0.4, 0.5) is 4.39 Å². The van der Waals surface area contributed by atoms with Gasteiger partial charge in [0, 0.05) is 17.7 Å². The molecule has 4 nitrogen and oxygen atoms in total. The summed E-state index contributed by atoms with van der Waals surface area (Å²) in [5.74, 6) is 0.576. The first-order valence-electron chi connectivity index (χ1n) is 7.24. The second kappa shape index (κ2) is 6.20. The summed E-state index contributed by atoms with van der Waals surface area (Å²) >= 11 is 0. The predicted octanol–water partition coefficient (Wildman–Crippen LogP) is 3.07. The van der Waals surface area contributed by atoms with Crippen molar-refractivity contribution in [2.24, 2.45) is 4.99 Å². The van der Waals surface area contributed by atoms with E-state index in [-0.39, 0.29) is 11.6 Å². The van der Waals surface area contributed by atoms with E-state index in [1.54, 1.807) is 20.3 Å². The summed E-state index contributed by atoms with van der Waals surface area (Å²) in [5, 5.41) is 0. The Morgan fingerprint density at radius 1 is 1.09 bits per heavy atom. The zero-order valence-corrected chi connectivity index (χ0v) is 12.9. The number of hydrogen-bond acceptors (Lipinski definition) is 4. The first kappa shape index (κ1) is 15.2. The minimum Gasteiger partial charge on any atom is -0.493 e. The maximum Gasteiger partial charge on any atom is 0.211 e. The molecule has 0 amide bonds. The fourth-order valence-corrected chi connectivity index (χ4v) is 2.65. The van der Waals surface area contributed by atoms with E-state index in [0.29, 0.717) is 29.3 Å². The van der Waals surface area contributed by atoms with Crippen molar-refractivity contribution in [3.8, 4) is 11.5 Å². The molecule has 0 saturated carbocycles. The van der Waals surface area contributed by atoms with E-state index < -0.39 is 0 Å². The third-order valence-corrected chi connectivity index (χ3v) is 3.84. The number of ketones is 1. The average Bonchev–Trinajstić information content (AvgIpc) is 2.60. The second-order valence-electron chi connectivity index (χ2n) is 5.18. The molecule has 3 rings (SSSR count). The Kier molecular flexibility index (Phi) is 4.10. The Bertz CT molecular complexity index is 782. The smallest absolute Gasteiger partial charge is 0.211 e. The molecule has 0 saturated heterocycles. The van der Waals surface area contributed by atoms with E-state index in [1.807, 2.05) is 6.07 Å². The van der Waals surface area contributed by atoms with Gasteiger partial charge >= 0.3 is 0 Å². The summed E-state index contributed by atoms with van der Waals surface area (Å²) in [6, 6.07) is 9.12. The van der Waals surface area contributed by atoms with Crippen LogP contribution in [0.1, 0.15) is 21.5 Å². The van der Waals surface area contributed by atoms with E-state index in [1.165, 1.54) is 24.3 Å². The van der Waals surface area contributed by atoms with E-state index in [9.17, 15) is 9.18 Å². The van der Waals surface area contributed by atoms with Crippen molar-refractivity contribution in [1.29, 1.82) is 0 Å². The zero-order valence-electron chi connectivity index (χ0n) is 12.9. The van der Waals surface area contributed by atoms with Gasteiger partial charge in [0.15, 0.2) is 11.5 Å². The fraction of sp³-hybridized carbons (Fsp3) is 0.222. The number of methoxy groups -OCH3 is 2. The van der Waals surface area contributed by atoms with E-state index in [4.69, 9.17) is 9.47 Å². The first-order valence-corrected chi connectivity index (χ1v) is 7.24.